The highest BCUT2D eigenvalue weighted by molar-refractivity contribution is 5.34. The second kappa shape index (κ2) is 6.31. The minimum atomic E-state index is -1.46. The van der Waals surface area contributed by atoms with Crippen molar-refractivity contribution in [2.24, 2.45) is 0 Å². The lowest BCUT2D eigenvalue weighted by Crippen LogP contribution is -2.07. The van der Waals surface area contributed by atoms with Gasteiger partial charge in [-0.3, -0.25) is 0 Å². The molecule has 2 rings (SSSR count). The predicted molar refractivity (Wildman–Crippen MR) is 75.5 cm³/mol. The predicted octanol–water partition coefficient (Wildman–Crippen LogP) is 4.70. The molecule has 0 amide bonds. The maximum absolute atomic E-state index is 13.7. The number of hydrogen-bond acceptors (Lipinski definition) is 1. The number of hydrogen-bond donors (Lipinski definition) is 1. The summed E-state index contributed by atoms with van der Waals surface area (Å²) >= 11 is 0. The molecule has 4 heteroatoms. The van der Waals surface area contributed by atoms with Gasteiger partial charge in [-0.1, -0.05) is 38.1 Å². The van der Waals surface area contributed by atoms with E-state index in [1.165, 1.54) is 0 Å². The number of aliphatic hydroxyl groups is 1. The van der Waals surface area contributed by atoms with Gasteiger partial charge < -0.3 is 5.11 Å². The molecule has 1 N–H and O–H groups in total. The van der Waals surface area contributed by atoms with E-state index < -0.39 is 29.1 Å². The van der Waals surface area contributed by atoms with Crippen molar-refractivity contribution >= 4 is 0 Å². The highest BCUT2D eigenvalue weighted by atomic mass is 19.1. The Morgan fingerprint density at radius 1 is 0.952 bits per heavy atom. The summed E-state index contributed by atoms with van der Waals surface area (Å²) < 4.78 is 40.2. The van der Waals surface area contributed by atoms with Crippen LogP contribution < -0.4 is 0 Å². The maximum atomic E-state index is 13.7. The average Bonchev–Trinajstić information content (AvgIpc) is 2.45. The van der Waals surface area contributed by atoms with E-state index in [2.05, 4.69) is 13.8 Å². The van der Waals surface area contributed by atoms with E-state index in [4.69, 9.17) is 0 Å². The summed E-state index contributed by atoms with van der Waals surface area (Å²) in [7, 11) is 0. The Hall–Kier alpha value is -1.81. The summed E-state index contributed by atoms with van der Waals surface area (Å²) in [4.78, 5) is 0. The minimum absolute atomic E-state index is 0.367. The van der Waals surface area contributed by atoms with E-state index >= 15 is 0 Å². The molecule has 0 spiro atoms. The molecule has 2 atom stereocenters. The van der Waals surface area contributed by atoms with Gasteiger partial charge in [-0.15, -0.1) is 0 Å². The molecule has 0 aromatic heterocycles. The molecular weight excluding hydrogens is 277 g/mol. The molecule has 112 valence electrons. The van der Waals surface area contributed by atoms with Crippen LogP contribution in [0.2, 0.25) is 0 Å². The van der Waals surface area contributed by atoms with Crippen LogP contribution in [0.1, 0.15) is 49.0 Å². The van der Waals surface area contributed by atoms with Crippen LogP contribution in [0.5, 0.6) is 0 Å². The number of halogens is 3. The van der Waals surface area contributed by atoms with Crippen molar-refractivity contribution in [3.8, 4) is 0 Å². The van der Waals surface area contributed by atoms with Gasteiger partial charge in [0.05, 0.1) is 5.56 Å². The molecule has 0 saturated carbocycles. The number of rotatable bonds is 4. The van der Waals surface area contributed by atoms with Crippen molar-refractivity contribution in [2.75, 3.05) is 0 Å². The first-order valence-electron chi connectivity index (χ1n) is 6.86. The zero-order valence-electron chi connectivity index (χ0n) is 11.9. The van der Waals surface area contributed by atoms with Gasteiger partial charge in [0.1, 0.15) is 23.6 Å². The molecule has 1 nitrogen and oxygen atoms in total. The van der Waals surface area contributed by atoms with Crippen LogP contribution in [0, 0.1) is 17.5 Å². The van der Waals surface area contributed by atoms with Crippen LogP contribution in [-0.4, -0.2) is 5.11 Å². The van der Waals surface area contributed by atoms with Crippen LogP contribution >= 0.6 is 0 Å². The lowest BCUT2D eigenvalue weighted by atomic mass is 9.94. The second-order valence-electron chi connectivity index (χ2n) is 5.16. The van der Waals surface area contributed by atoms with Crippen molar-refractivity contribution in [1.29, 1.82) is 0 Å². The van der Waals surface area contributed by atoms with E-state index in [0.29, 0.717) is 23.6 Å². The Morgan fingerprint density at radius 2 is 1.43 bits per heavy atom. The average molecular weight is 294 g/mol. The lowest BCUT2D eigenvalue weighted by Gasteiger charge is -2.15. The molecule has 0 aliphatic heterocycles. The van der Waals surface area contributed by atoms with E-state index in [0.717, 1.165) is 12.0 Å². The van der Waals surface area contributed by atoms with Crippen LogP contribution in [-0.2, 0) is 0 Å². The number of benzene rings is 2. The molecule has 0 fully saturated rings. The second-order valence-corrected chi connectivity index (χ2v) is 5.16. The molecule has 21 heavy (non-hydrogen) atoms. The van der Waals surface area contributed by atoms with Crippen molar-refractivity contribution in [3.05, 3.63) is 70.5 Å². The normalized spacial score (nSPS) is 14.0. The minimum Gasteiger partial charge on any atom is -0.383 e. The quantitative estimate of drug-likeness (QED) is 0.866. The first-order valence-corrected chi connectivity index (χ1v) is 6.86. The Bertz CT molecular complexity index is 599. The molecule has 0 aliphatic carbocycles. The van der Waals surface area contributed by atoms with Gasteiger partial charge in [-0.2, -0.15) is 0 Å². The fourth-order valence-corrected chi connectivity index (χ4v) is 2.22. The summed E-state index contributed by atoms with van der Waals surface area (Å²) in [5.74, 6) is -2.82. The molecule has 2 unspecified atom stereocenters. The smallest absolute Gasteiger partial charge is 0.135 e. The van der Waals surface area contributed by atoms with E-state index in [1.807, 2.05) is 12.1 Å². The van der Waals surface area contributed by atoms with E-state index in [9.17, 15) is 18.3 Å². The first-order chi connectivity index (χ1) is 9.93. The van der Waals surface area contributed by atoms with Gasteiger partial charge in [-0.25, -0.2) is 13.2 Å². The monoisotopic (exact) mass is 294 g/mol. The Morgan fingerprint density at radius 3 is 1.90 bits per heavy atom. The summed E-state index contributed by atoms with van der Waals surface area (Å²) in [6.07, 6.45) is -0.486. The van der Waals surface area contributed by atoms with Gasteiger partial charge in [-0.05, 0) is 23.5 Å². The largest absolute Gasteiger partial charge is 0.383 e. The summed E-state index contributed by atoms with van der Waals surface area (Å²) in [5.41, 5.74) is 0.924. The van der Waals surface area contributed by atoms with Gasteiger partial charge >= 0.3 is 0 Å². The molecule has 2 aromatic carbocycles. The van der Waals surface area contributed by atoms with Crippen LogP contribution in [0.25, 0.3) is 0 Å². The third-order valence-electron chi connectivity index (χ3n) is 3.75. The third kappa shape index (κ3) is 3.27. The third-order valence-corrected chi connectivity index (χ3v) is 3.75. The zero-order chi connectivity index (χ0) is 15.6. The Labute approximate surface area is 122 Å². The van der Waals surface area contributed by atoms with Crippen molar-refractivity contribution in [1.82, 2.24) is 0 Å². The topological polar surface area (TPSA) is 20.2 Å². The summed E-state index contributed by atoms with van der Waals surface area (Å²) in [6.45, 7) is 4.14. The highest BCUT2D eigenvalue weighted by Gasteiger charge is 2.21. The summed E-state index contributed by atoms with van der Waals surface area (Å²) in [6, 6.07) is 8.05. The number of aliphatic hydroxyl groups excluding tert-OH is 1. The maximum Gasteiger partial charge on any atom is 0.135 e. The van der Waals surface area contributed by atoms with E-state index in [1.54, 1.807) is 12.1 Å². The molecule has 0 radical (unpaired) electrons. The van der Waals surface area contributed by atoms with Crippen LogP contribution in [0.4, 0.5) is 13.2 Å². The zero-order valence-corrected chi connectivity index (χ0v) is 11.9. The van der Waals surface area contributed by atoms with Crippen LogP contribution in [0.15, 0.2) is 36.4 Å². The fourth-order valence-electron chi connectivity index (χ4n) is 2.22. The van der Waals surface area contributed by atoms with Gasteiger partial charge in [0.2, 0.25) is 0 Å². The molecule has 0 bridgehead atoms. The van der Waals surface area contributed by atoms with Crippen molar-refractivity contribution in [3.63, 3.8) is 0 Å². The SMILES string of the molecule is CCC(C)c1ccc(C(O)c2c(F)cc(F)cc2F)cc1. The van der Waals surface area contributed by atoms with Crippen molar-refractivity contribution < 1.29 is 18.3 Å². The Kier molecular flexibility index (Phi) is 4.68. The molecular formula is C17H17F3O. The highest BCUT2D eigenvalue weighted by Crippen LogP contribution is 2.29. The van der Waals surface area contributed by atoms with Crippen LogP contribution in [0.3, 0.4) is 0 Å². The van der Waals surface area contributed by atoms with Gasteiger partial charge in [0.15, 0.2) is 0 Å². The van der Waals surface area contributed by atoms with Gasteiger partial charge in [0, 0.05) is 12.1 Å². The van der Waals surface area contributed by atoms with Gasteiger partial charge in [0.25, 0.3) is 0 Å². The first kappa shape index (κ1) is 15.6. The molecule has 0 aliphatic rings. The lowest BCUT2D eigenvalue weighted by molar-refractivity contribution is 0.208. The fraction of sp³-hybridized carbons (Fsp3) is 0.294. The van der Waals surface area contributed by atoms with Crippen molar-refractivity contribution in [2.45, 2.75) is 32.3 Å². The molecule has 2 aromatic rings. The molecule has 0 saturated heterocycles. The molecule has 0 heterocycles. The Balaban J connectivity index is 2.34. The van der Waals surface area contributed by atoms with E-state index in [-0.39, 0.29) is 0 Å². The standard InChI is InChI=1S/C17H17F3O/c1-3-10(2)11-4-6-12(7-5-11)17(21)16-14(19)8-13(18)9-15(16)20/h4-10,17,21H,3H2,1-2H3. The summed E-state index contributed by atoms with van der Waals surface area (Å²) in [5, 5.41) is 10.1.